The molecule has 0 saturated carbocycles. The zero-order chi connectivity index (χ0) is 16.8. The zero-order valence-corrected chi connectivity index (χ0v) is 17.4. The Labute approximate surface area is 167 Å². The van der Waals surface area contributed by atoms with E-state index in [1.54, 1.807) is 0 Å². The van der Waals surface area contributed by atoms with E-state index in [9.17, 15) is 0 Å². The molecule has 25 heavy (non-hydrogen) atoms. The van der Waals surface area contributed by atoms with Gasteiger partial charge < -0.3 is 15.5 Å². The maximum absolute atomic E-state index is 4.42. The van der Waals surface area contributed by atoms with Crippen LogP contribution in [0.25, 0.3) is 10.9 Å². The number of pyridine rings is 1. The van der Waals surface area contributed by atoms with Crippen LogP contribution in [0, 0.1) is 5.92 Å². The van der Waals surface area contributed by atoms with Gasteiger partial charge in [0.15, 0.2) is 5.96 Å². The third kappa shape index (κ3) is 5.54. The highest BCUT2D eigenvalue weighted by Gasteiger charge is 2.17. The Morgan fingerprint density at radius 3 is 2.92 bits per heavy atom. The highest BCUT2D eigenvalue weighted by Crippen LogP contribution is 2.16. The van der Waals surface area contributed by atoms with E-state index in [2.05, 4.69) is 50.8 Å². The van der Waals surface area contributed by atoms with E-state index in [-0.39, 0.29) is 24.0 Å². The van der Waals surface area contributed by atoms with E-state index in [0.29, 0.717) is 5.92 Å². The van der Waals surface area contributed by atoms with Crippen molar-refractivity contribution in [1.82, 2.24) is 20.5 Å². The highest BCUT2D eigenvalue weighted by atomic mass is 127. The molecular weight excluding hydrogens is 425 g/mol. The second-order valence-corrected chi connectivity index (χ2v) is 6.56. The molecule has 1 aliphatic rings. The number of benzene rings is 1. The van der Waals surface area contributed by atoms with Crippen LogP contribution in [0.5, 0.6) is 0 Å². The maximum Gasteiger partial charge on any atom is 0.191 e. The van der Waals surface area contributed by atoms with Gasteiger partial charge in [-0.2, -0.15) is 0 Å². The summed E-state index contributed by atoms with van der Waals surface area (Å²) in [6, 6.07) is 10.3. The van der Waals surface area contributed by atoms with Crippen LogP contribution in [-0.4, -0.2) is 49.6 Å². The lowest BCUT2D eigenvalue weighted by Crippen LogP contribution is -2.43. The van der Waals surface area contributed by atoms with E-state index in [1.807, 2.05) is 25.4 Å². The van der Waals surface area contributed by atoms with Gasteiger partial charge in [0, 0.05) is 38.3 Å². The molecule has 2 N–H and O–H groups in total. The Morgan fingerprint density at radius 2 is 2.12 bits per heavy atom. The predicted octanol–water partition coefficient (Wildman–Crippen LogP) is 2.86. The summed E-state index contributed by atoms with van der Waals surface area (Å²) >= 11 is 0. The third-order valence-electron chi connectivity index (χ3n) is 4.69. The first kappa shape index (κ1) is 19.9. The Morgan fingerprint density at radius 1 is 1.28 bits per heavy atom. The molecule has 136 valence electrons. The summed E-state index contributed by atoms with van der Waals surface area (Å²) in [7, 11) is 4.03. The Bertz CT molecular complexity index is 698. The van der Waals surface area contributed by atoms with Crippen molar-refractivity contribution in [3.63, 3.8) is 0 Å². The third-order valence-corrected chi connectivity index (χ3v) is 4.69. The van der Waals surface area contributed by atoms with Crippen molar-refractivity contribution in [3.05, 3.63) is 42.1 Å². The second kappa shape index (κ2) is 9.91. The number of aliphatic imine (C=N–C) groups is 1. The molecule has 1 aromatic heterocycles. The molecule has 0 bridgehead atoms. The highest BCUT2D eigenvalue weighted by molar-refractivity contribution is 14.0. The lowest BCUT2D eigenvalue weighted by Gasteiger charge is -2.30. The average Bonchev–Trinajstić information content (AvgIpc) is 2.62. The maximum atomic E-state index is 4.42. The number of hydrogen-bond donors (Lipinski definition) is 2. The molecule has 1 unspecified atom stereocenters. The molecule has 1 aromatic carbocycles. The lowest BCUT2D eigenvalue weighted by molar-refractivity contribution is 0.210. The largest absolute Gasteiger partial charge is 0.356 e. The van der Waals surface area contributed by atoms with Crippen LogP contribution in [0.3, 0.4) is 0 Å². The number of nitrogens with zero attached hydrogens (tertiary/aromatic N) is 3. The van der Waals surface area contributed by atoms with Crippen LogP contribution in [0.4, 0.5) is 0 Å². The number of nitrogens with one attached hydrogen (secondary N) is 2. The van der Waals surface area contributed by atoms with Gasteiger partial charge in [0.1, 0.15) is 0 Å². The predicted molar refractivity (Wildman–Crippen MR) is 116 cm³/mol. The minimum Gasteiger partial charge on any atom is -0.356 e. The number of fused-ring (bicyclic) bond motifs is 1. The lowest BCUT2D eigenvalue weighted by atomic mass is 9.99. The van der Waals surface area contributed by atoms with Gasteiger partial charge in [-0.25, -0.2) is 0 Å². The van der Waals surface area contributed by atoms with Gasteiger partial charge in [-0.05, 0) is 50.0 Å². The molecule has 2 heterocycles. The summed E-state index contributed by atoms with van der Waals surface area (Å²) in [6.45, 7) is 4.10. The van der Waals surface area contributed by atoms with Gasteiger partial charge in [0.05, 0.1) is 5.52 Å². The topological polar surface area (TPSA) is 52.6 Å². The first-order chi connectivity index (χ1) is 11.8. The molecule has 1 aliphatic heterocycles. The number of likely N-dealkylation sites (tertiary alicyclic amines) is 1. The zero-order valence-electron chi connectivity index (χ0n) is 15.0. The summed E-state index contributed by atoms with van der Waals surface area (Å²) in [5.74, 6) is 1.56. The van der Waals surface area contributed by atoms with E-state index in [0.717, 1.165) is 24.6 Å². The van der Waals surface area contributed by atoms with Gasteiger partial charge in [0.25, 0.3) is 0 Å². The Balaban J connectivity index is 0.00000225. The normalized spacial score (nSPS) is 18.6. The van der Waals surface area contributed by atoms with Gasteiger partial charge in [-0.1, -0.05) is 18.2 Å². The van der Waals surface area contributed by atoms with Crippen molar-refractivity contribution in [2.75, 3.05) is 33.7 Å². The smallest absolute Gasteiger partial charge is 0.191 e. The molecule has 0 aliphatic carbocycles. The molecular formula is C19H28IN5. The molecule has 0 radical (unpaired) electrons. The molecule has 1 fully saturated rings. The second-order valence-electron chi connectivity index (χ2n) is 6.56. The van der Waals surface area contributed by atoms with Crippen LogP contribution >= 0.6 is 24.0 Å². The summed E-state index contributed by atoms with van der Waals surface area (Å²) in [5.41, 5.74) is 2.27. The summed E-state index contributed by atoms with van der Waals surface area (Å²) in [5, 5.41) is 8.09. The molecule has 6 heteroatoms. The number of rotatable bonds is 4. The summed E-state index contributed by atoms with van der Waals surface area (Å²) in [6.07, 6.45) is 4.45. The van der Waals surface area contributed by atoms with Crippen molar-refractivity contribution >= 4 is 40.8 Å². The Hall–Kier alpha value is -1.41. The molecule has 5 nitrogen and oxygen atoms in total. The van der Waals surface area contributed by atoms with E-state index in [1.165, 1.54) is 36.9 Å². The fourth-order valence-corrected chi connectivity index (χ4v) is 3.39. The van der Waals surface area contributed by atoms with Gasteiger partial charge >= 0.3 is 0 Å². The Kier molecular flexibility index (Phi) is 7.90. The minimum absolute atomic E-state index is 0. The quantitative estimate of drug-likeness (QED) is 0.425. The molecule has 1 saturated heterocycles. The molecule has 3 rings (SSSR count). The standard InChI is InChI=1S/C19H27N5.HI/c1-20-19(22-12-15-6-5-11-24(2)14-15)23-13-16-9-10-21-18-8-4-3-7-17(16)18;/h3-4,7-10,15H,5-6,11-14H2,1-2H3,(H2,20,22,23);1H. The fraction of sp³-hybridized carbons (Fsp3) is 0.474. The van der Waals surface area contributed by atoms with Crippen LogP contribution in [0.15, 0.2) is 41.5 Å². The van der Waals surface area contributed by atoms with Crippen LogP contribution in [-0.2, 0) is 6.54 Å². The number of halogens is 1. The molecule has 2 aromatic rings. The number of aromatic nitrogens is 1. The van der Waals surface area contributed by atoms with Crippen molar-refractivity contribution in [1.29, 1.82) is 0 Å². The number of para-hydroxylation sites is 1. The van der Waals surface area contributed by atoms with Gasteiger partial charge in [0.2, 0.25) is 0 Å². The van der Waals surface area contributed by atoms with E-state index in [4.69, 9.17) is 0 Å². The summed E-state index contributed by atoms with van der Waals surface area (Å²) in [4.78, 5) is 11.2. The van der Waals surface area contributed by atoms with Crippen molar-refractivity contribution in [2.45, 2.75) is 19.4 Å². The molecule has 0 amide bonds. The van der Waals surface area contributed by atoms with E-state index < -0.39 is 0 Å². The van der Waals surface area contributed by atoms with Crippen LogP contribution in [0.1, 0.15) is 18.4 Å². The first-order valence-corrected chi connectivity index (χ1v) is 8.72. The monoisotopic (exact) mass is 453 g/mol. The van der Waals surface area contributed by atoms with Crippen molar-refractivity contribution < 1.29 is 0 Å². The van der Waals surface area contributed by atoms with Crippen molar-refractivity contribution in [3.8, 4) is 0 Å². The van der Waals surface area contributed by atoms with Crippen molar-refractivity contribution in [2.24, 2.45) is 10.9 Å². The molecule has 0 spiro atoms. The number of piperidine rings is 1. The van der Waals surface area contributed by atoms with E-state index >= 15 is 0 Å². The summed E-state index contributed by atoms with van der Waals surface area (Å²) < 4.78 is 0. The first-order valence-electron chi connectivity index (χ1n) is 8.72. The molecule has 1 atom stereocenters. The van der Waals surface area contributed by atoms with Crippen LogP contribution < -0.4 is 10.6 Å². The SMILES string of the molecule is CN=C(NCc1ccnc2ccccc12)NCC1CCCN(C)C1.I. The number of guanidine groups is 1. The minimum atomic E-state index is 0. The van der Waals surface area contributed by atoms with Crippen LogP contribution in [0.2, 0.25) is 0 Å². The number of hydrogen-bond acceptors (Lipinski definition) is 3. The van der Waals surface area contributed by atoms with Gasteiger partial charge in [-0.15, -0.1) is 24.0 Å². The van der Waals surface area contributed by atoms with Gasteiger partial charge in [-0.3, -0.25) is 9.98 Å². The fourth-order valence-electron chi connectivity index (χ4n) is 3.39. The average molecular weight is 453 g/mol.